The van der Waals surface area contributed by atoms with Crippen LogP contribution in [0.5, 0.6) is 0 Å². The van der Waals surface area contributed by atoms with Crippen LogP contribution in [0.1, 0.15) is 49.1 Å². The molecule has 2 aliphatic rings. The Bertz CT molecular complexity index is 1070. The second kappa shape index (κ2) is 7.21. The molecule has 0 radical (unpaired) electrons. The van der Waals surface area contributed by atoms with Crippen molar-refractivity contribution in [2.24, 2.45) is 11.3 Å². The van der Waals surface area contributed by atoms with Gasteiger partial charge in [-0.05, 0) is 91.0 Å². The Hall–Kier alpha value is -2.26. The number of ketones is 1. The van der Waals surface area contributed by atoms with Gasteiger partial charge in [-0.15, -0.1) is 0 Å². The minimum Gasteiger partial charge on any atom is -0.299 e. The van der Waals surface area contributed by atoms with Gasteiger partial charge in [0, 0.05) is 28.9 Å². The lowest BCUT2D eigenvalue weighted by molar-refractivity contribution is -0.120. The maximum Gasteiger partial charge on any atom is 0.140 e. The van der Waals surface area contributed by atoms with Crippen LogP contribution in [0, 0.1) is 17.2 Å². The Kier molecular flexibility index (Phi) is 4.66. The van der Waals surface area contributed by atoms with Gasteiger partial charge < -0.3 is 0 Å². The highest BCUT2D eigenvalue weighted by molar-refractivity contribution is 6.30. The van der Waals surface area contributed by atoms with E-state index in [0.29, 0.717) is 23.1 Å². The van der Waals surface area contributed by atoms with E-state index in [9.17, 15) is 9.18 Å². The van der Waals surface area contributed by atoms with Crippen molar-refractivity contribution in [2.75, 3.05) is 0 Å². The number of aromatic nitrogens is 1. The Morgan fingerprint density at radius 3 is 2.62 bits per heavy atom. The number of hydrogen-bond acceptors (Lipinski definition) is 2. The van der Waals surface area contributed by atoms with Gasteiger partial charge in [0.2, 0.25) is 0 Å². The highest BCUT2D eigenvalue weighted by Gasteiger charge is 2.57. The first-order valence-corrected chi connectivity index (χ1v) is 10.7. The predicted octanol–water partition coefficient (Wildman–Crippen LogP) is 6.50. The van der Waals surface area contributed by atoms with Gasteiger partial charge in [0.05, 0.1) is 5.52 Å². The van der Waals surface area contributed by atoms with Crippen molar-refractivity contribution >= 4 is 28.3 Å². The summed E-state index contributed by atoms with van der Waals surface area (Å²) in [4.78, 5) is 17.2. The minimum atomic E-state index is -0.214. The van der Waals surface area contributed by atoms with Crippen molar-refractivity contribution in [3.63, 3.8) is 0 Å². The molecule has 0 aliphatic heterocycles. The van der Waals surface area contributed by atoms with E-state index < -0.39 is 0 Å². The molecule has 2 aliphatic carbocycles. The van der Waals surface area contributed by atoms with Gasteiger partial charge in [0.1, 0.15) is 11.6 Å². The molecule has 5 rings (SSSR count). The van der Waals surface area contributed by atoms with Crippen LogP contribution in [0.25, 0.3) is 10.9 Å². The largest absolute Gasteiger partial charge is 0.299 e. The fraction of sp³-hybridized carbons (Fsp3) is 0.360. The fourth-order valence-corrected chi connectivity index (χ4v) is 5.41. The third kappa shape index (κ3) is 3.57. The summed E-state index contributed by atoms with van der Waals surface area (Å²) < 4.78 is 13.8. The van der Waals surface area contributed by atoms with E-state index in [4.69, 9.17) is 11.6 Å². The van der Waals surface area contributed by atoms with Crippen LogP contribution in [-0.4, -0.2) is 10.8 Å². The van der Waals surface area contributed by atoms with Crippen molar-refractivity contribution in [3.05, 3.63) is 76.7 Å². The van der Waals surface area contributed by atoms with Crippen molar-refractivity contribution in [3.8, 4) is 0 Å². The van der Waals surface area contributed by atoms with Gasteiger partial charge in [-0.3, -0.25) is 9.78 Å². The number of halogens is 2. The van der Waals surface area contributed by atoms with Crippen LogP contribution in [0.15, 0.2) is 54.7 Å². The molecule has 0 saturated heterocycles. The van der Waals surface area contributed by atoms with Crippen LogP contribution in [0.3, 0.4) is 0 Å². The number of pyridine rings is 1. The number of Topliss-reactive ketones (excluding diaryl/α,β-unsaturated/α-hetero) is 1. The van der Waals surface area contributed by atoms with Crippen molar-refractivity contribution in [1.29, 1.82) is 0 Å². The number of carbonyl (C=O) groups excluding carboxylic acids is 1. The first kappa shape index (κ1) is 18.7. The van der Waals surface area contributed by atoms with E-state index in [0.717, 1.165) is 48.6 Å². The van der Waals surface area contributed by atoms with Crippen LogP contribution in [0.2, 0.25) is 5.02 Å². The van der Waals surface area contributed by atoms with Crippen LogP contribution in [0.4, 0.5) is 4.39 Å². The Labute approximate surface area is 175 Å². The lowest BCUT2D eigenvalue weighted by Gasteiger charge is -2.30. The first-order chi connectivity index (χ1) is 14.0. The summed E-state index contributed by atoms with van der Waals surface area (Å²) in [5.41, 5.74) is 3.30. The molecule has 4 heteroatoms. The summed E-state index contributed by atoms with van der Waals surface area (Å²) >= 11 is 5.94. The van der Waals surface area contributed by atoms with Gasteiger partial charge >= 0.3 is 0 Å². The van der Waals surface area contributed by atoms with Gasteiger partial charge in [-0.25, -0.2) is 4.39 Å². The quantitative estimate of drug-likeness (QED) is 0.493. The maximum atomic E-state index is 13.8. The van der Waals surface area contributed by atoms with Gasteiger partial charge in [0.25, 0.3) is 0 Å². The summed E-state index contributed by atoms with van der Waals surface area (Å²) in [6, 6.07) is 14.5. The Morgan fingerprint density at radius 1 is 1.10 bits per heavy atom. The number of fused-ring (bicyclic) bond motifs is 1. The van der Waals surface area contributed by atoms with E-state index in [-0.39, 0.29) is 17.2 Å². The lowest BCUT2D eigenvalue weighted by atomic mass is 9.74. The van der Waals surface area contributed by atoms with Crippen LogP contribution < -0.4 is 0 Å². The molecular formula is C25H23ClFNO. The molecule has 1 heterocycles. The minimum absolute atomic E-state index is 0.200. The highest BCUT2D eigenvalue weighted by atomic mass is 35.5. The van der Waals surface area contributed by atoms with E-state index >= 15 is 0 Å². The molecule has 0 amide bonds. The van der Waals surface area contributed by atoms with Crippen molar-refractivity contribution < 1.29 is 9.18 Å². The van der Waals surface area contributed by atoms with E-state index in [1.54, 1.807) is 12.1 Å². The monoisotopic (exact) mass is 407 g/mol. The summed E-state index contributed by atoms with van der Waals surface area (Å²) in [6.07, 6.45) is 7.62. The molecule has 2 aromatic carbocycles. The molecule has 0 bridgehead atoms. The number of benzene rings is 2. The third-order valence-electron chi connectivity index (χ3n) is 7.03. The summed E-state index contributed by atoms with van der Waals surface area (Å²) in [5.74, 6) is 0.766. The molecule has 2 nitrogen and oxygen atoms in total. The van der Waals surface area contributed by atoms with E-state index in [1.165, 1.54) is 11.6 Å². The van der Waals surface area contributed by atoms with Crippen molar-refractivity contribution in [2.45, 2.75) is 44.4 Å². The lowest BCUT2D eigenvalue weighted by Crippen LogP contribution is -2.20. The molecule has 0 N–H and O–H groups in total. The topological polar surface area (TPSA) is 30.0 Å². The molecule has 2 fully saturated rings. The summed E-state index contributed by atoms with van der Waals surface area (Å²) in [5, 5.41) is 1.63. The molecule has 2 saturated carbocycles. The second-order valence-corrected chi connectivity index (χ2v) is 9.16. The van der Waals surface area contributed by atoms with Gasteiger partial charge in [-0.2, -0.15) is 0 Å². The smallest absolute Gasteiger partial charge is 0.140 e. The van der Waals surface area contributed by atoms with E-state index in [1.807, 2.05) is 36.5 Å². The zero-order chi connectivity index (χ0) is 20.0. The Balaban J connectivity index is 1.26. The average Bonchev–Trinajstić information content (AvgIpc) is 3.43. The zero-order valence-electron chi connectivity index (χ0n) is 16.2. The molecule has 1 aromatic heterocycles. The molecular weight excluding hydrogens is 385 g/mol. The maximum absolute atomic E-state index is 13.8. The average molecular weight is 408 g/mol. The summed E-state index contributed by atoms with van der Waals surface area (Å²) in [6.45, 7) is 0. The van der Waals surface area contributed by atoms with Crippen LogP contribution in [-0.2, 0) is 11.2 Å². The Morgan fingerprint density at radius 2 is 1.86 bits per heavy atom. The van der Waals surface area contributed by atoms with E-state index in [2.05, 4.69) is 4.98 Å². The summed E-state index contributed by atoms with van der Waals surface area (Å²) in [7, 11) is 0. The van der Waals surface area contributed by atoms with Crippen molar-refractivity contribution in [1.82, 2.24) is 4.98 Å². The highest BCUT2D eigenvalue weighted by Crippen LogP contribution is 2.63. The van der Waals surface area contributed by atoms with Gasteiger partial charge in [-0.1, -0.05) is 23.7 Å². The zero-order valence-corrected chi connectivity index (χ0v) is 17.0. The third-order valence-corrected chi connectivity index (χ3v) is 7.28. The predicted molar refractivity (Wildman–Crippen MR) is 114 cm³/mol. The second-order valence-electron chi connectivity index (χ2n) is 8.72. The number of nitrogens with zero attached hydrogens (tertiary/aromatic N) is 1. The normalized spacial score (nSPS) is 26.0. The number of hydrogen-bond donors (Lipinski definition) is 0. The first-order valence-electron chi connectivity index (χ1n) is 10.4. The molecule has 0 unspecified atom stereocenters. The molecule has 148 valence electrons. The molecule has 1 spiro atoms. The number of rotatable bonds is 4. The molecule has 1 atom stereocenters. The number of carbonyl (C=O) groups is 1. The SMILES string of the molecule is O=C(Cc1ccc(Cl)cc1)[C@@H]1CC12CCC(c1ccnc3ccc(F)cc13)CC2. The molecule has 29 heavy (non-hydrogen) atoms. The van der Waals surface area contributed by atoms with Crippen LogP contribution >= 0.6 is 11.6 Å². The standard InChI is InChI=1S/C25H23ClFNO/c26-18-3-1-16(2-4-18)13-24(29)22-15-25(22)10-7-17(8-11-25)20-9-12-28-23-6-5-19(27)14-21(20)23/h1-6,9,12,14,17,22H,7-8,10-11,13,15H2/t17?,22-,25?/m0/s1. The molecule has 3 aromatic rings. The fourth-order valence-electron chi connectivity index (χ4n) is 5.28. The van der Waals surface area contributed by atoms with Gasteiger partial charge in [0.15, 0.2) is 0 Å².